The van der Waals surface area contributed by atoms with Crippen molar-refractivity contribution in [2.45, 2.75) is 0 Å². The van der Waals surface area contributed by atoms with E-state index in [1.54, 1.807) is 6.07 Å². The lowest BCUT2D eigenvalue weighted by molar-refractivity contribution is 1.32. The van der Waals surface area contributed by atoms with E-state index in [0.29, 0.717) is 16.0 Å². The second-order valence-corrected chi connectivity index (χ2v) is 3.16. The average molecular weight is 205 g/mol. The van der Waals surface area contributed by atoms with Crippen LogP contribution < -0.4 is 5.30 Å². The van der Waals surface area contributed by atoms with Crippen molar-refractivity contribution in [1.82, 2.24) is 4.98 Å². The molecule has 5 heteroatoms. The minimum absolute atomic E-state index is 0.142. The fourth-order valence-corrected chi connectivity index (χ4v) is 1.16. The van der Waals surface area contributed by atoms with Crippen molar-refractivity contribution < 1.29 is 0 Å². The Balaban J connectivity index is 3.35. The summed E-state index contributed by atoms with van der Waals surface area (Å²) in [4.78, 5) is 3.73. The lowest BCUT2D eigenvalue weighted by Gasteiger charge is -1.97. The van der Waals surface area contributed by atoms with E-state index in [0.717, 1.165) is 0 Å². The number of aromatic nitrogens is 1. The van der Waals surface area contributed by atoms with Gasteiger partial charge in [-0.15, -0.1) is 9.24 Å². The molecular formula is C6H3Cl2N2P. The molecule has 0 aromatic carbocycles. The SMILES string of the molecule is N#Cc1cc(P)c(Cl)nc1Cl. The van der Waals surface area contributed by atoms with Crippen LogP contribution in [0.5, 0.6) is 0 Å². The molecule has 0 amide bonds. The summed E-state index contributed by atoms with van der Waals surface area (Å²) < 4.78 is 0. The van der Waals surface area contributed by atoms with Crippen molar-refractivity contribution >= 4 is 37.7 Å². The first-order chi connectivity index (χ1) is 5.15. The molecule has 0 bridgehead atoms. The number of nitrogens with zero attached hydrogens (tertiary/aromatic N) is 2. The quantitative estimate of drug-likeness (QED) is 0.477. The summed E-state index contributed by atoms with van der Waals surface area (Å²) in [5, 5.41) is 9.63. The summed E-state index contributed by atoms with van der Waals surface area (Å²) in [6.45, 7) is 0. The highest BCUT2D eigenvalue weighted by atomic mass is 35.5. The van der Waals surface area contributed by atoms with E-state index >= 15 is 0 Å². The zero-order valence-corrected chi connectivity index (χ0v) is 7.97. The molecule has 1 rings (SSSR count). The van der Waals surface area contributed by atoms with Crippen molar-refractivity contribution in [2.24, 2.45) is 0 Å². The monoisotopic (exact) mass is 204 g/mol. The second kappa shape index (κ2) is 3.36. The standard InChI is InChI=1S/C6H3Cl2N2P/c7-5-3(2-9)1-4(11)6(8)10-5/h1H,11H2. The first-order valence-electron chi connectivity index (χ1n) is 2.66. The Bertz CT molecular complexity index is 332. The van der Waals surface area contributed by atoms with Crippen LogP contribution in [0.2, 0.25) is 10.3 Å². The van der Waals surface area contributed by atoms with Gasteiger partial charge in [-0.3, -0.25) is 0 Å². The molecular weight excluding hydrogens is 202 g/mol. The van der Waals surface area contributed by atoms with Gasteiger partial charge in [0, 0.05) is 5.30 Å². The van der Waals surface area contributed by atoms with Crippen LogP contribution in [0.4, 0.5) is 0 Å². The van der Waals surface area contributed by atoms with E-state index in [-0.39, 0.29) is 5.15 Å². The number of rotatable bonds is 0. The molecule has 0 aliphatic carbocycles. The Hall–Kier alpha value is -0.350. The van der Waals surface area contributed by atoms with E-state index in [4.69, 9.17) is 28.5 Å². The molecule has 1 atom stereocenters. The number of hydrogen-bond acceptors (Lipinski definition) is 2. The zero-order valence-electron chi connectivity index (χ0n) is 5.31. The molecule has 1 unspecified atom stereocenters. The molecule has 1 aromatic rings. The maximum Gasteiger partial charge on any atom is 0.148 e. The van der Waals surface area contributed by atoms with E-state index in [1.807, 2.05) is 6.07 Å². The van der Waals surface area contributed by atoms with E-state index in [1.165, 1.54) is 0 Å². The molecule has 1 heterocycles. The van der Waals surface area contributed by atoms with E-state index in [2.05, 4.69) is 14.2 Å². The van der Waals surface area contributed by atoms with Crippen molar-refractivity contribution in [3.8, 4) is 6.07 Å². The molecule has 0 aliphatic heterocycles. The fourth-order valence-electron chi connectivity index (χ4n) is 0.564. The third-order valence-electron chi connectivity index (χ3n) is 1.08. The van der Waals surface area contributed by atoms with Crippen molar-refractivity contribution in [3.05, 3.63) is 21.9 Å². The summed E-state index contributed by atoms with van der Waals surface area (Å²) in [5.74, 6) is 0. The first-order valence-corrected chi connectivity index (χ1v) is 4.00. The van der Waals surface area contributed by atoms with E-state index < -0.39 is 0 Å². The summed E-state index contributed by atoms with van der Waals surface area (Å²) in [5.41, 5.74) is 0.334. The van der Waals surface area contributed by atoms with Gasteiger partial charge < -0.3 is 0 Å². The smallest absolute Gasteiger partial charge is 0.148 e. The fraction of sp³-hybridized carbons (Fsp3) is 0. The molecule has 0 saturated heterocycles. The Kier molecular flexibility index (Phi) is 2.67. The maximum absolute atomic E-state index is 8.51. The van der Waals surface area contributed by atoms with Gasteiger partial charge in [-0.05, 0) is 6.07 Å². The molecule has 56 valence electrons. The molecule has 0 aliphatic rings. The highest BCUT2D eigenvalue weighted by molar-refractivity contribution is 7.28. The van der Waals surface area contributed by atoms with Crippen LogP contribution in [0, 0.1) is 11.3 Å². The predicted octanol–water partition coefficient (Wildman–Crippen LogP) is 1.76. The van der Waals surface area contributed by atoms with E-state index in [9.17, 15) is 0 Å². The van der Waals surface area contributed by atoms with Gasteiger partial charge in [-0.25, -0.2) is 4.98 Å². The minimum Gasteiger partial charge on any atom is -0.222 e. The molecule has 0 radical (unpaired) electrons. The second-order valence-electron chi connectivity index (χ2n) is 1.82. The van der Waals surface area contributed by atoms with Crippen LogP contribution >= 0.6 is 32.4 Å². The highest BCUT2D eigenvalue weighted by Gasteiger charge is 2.04. The van der Waals surface area contributed by atoms with Crippen LogP contribution in [-0.4, -0.2) is 4.98 Å². The van der Waals surface area contributed by atoms with Gasteiger partial charge in [-0.2, -0.15) is 5.26 Å². The van der Waals surface area contributed by atoms with Gasteiger partial charge in [0.1, 0.15) is 16.4 Å². The van der Waals surface area contributed by atoms with Gasteiger partial charge in [0.05, 0.1) is 5.56 Å². The molecule has 1 aromatic heterocycles. The average Bonchev–Trinajstić information content (AvgIpc) is 1.97. The summed E-state index contributed by atoms with van der Waals surface area (Å²) in [6.07, 6.45) is 0. The molecule has 0 saturated carbocycles. The predicted molar refractivity (Wildman–Crippen MR) is 48.3 cm³/mol. The van der Waals surface area contributed by atoms with Crippen molar-refractivity contribution in [1.29, 1.82) is 5.26 Å². The largest absolute Gasteiger partial charge is 0.222 e. The van der Waals surface area contributed by atoms with Gasteiger partial charge in [0.15, 0.2) is 0 Å². The molecule has 0 fully saturated rings. The third-order valence-corrected chi connectivity index (χ3v) is 2.29. The van der Waals surface area contributed by atoms with Crippen LogP contribution in [0.15, 0.2) is 6.07 Å². The highest BCUT2D eigenvalue weighted by Crippen LogP contribution is 2.15. The molecule has 11 heavy (non-hydrogen) atoms. The summed E-state index contributed by atoms with van der Waals surface area (Å²) in [6, 6.07) is 3.47. The van der Waals surface area contributed by atoms with Crippen molar-refractivity contribution in [2.75, 3.05) is 0 Å². The Labute approximate surface area is 76.3 Å². The number of halogens is 2. The topological polar surface area (TPSA) is 36.7 Å². The molecule has 2 nitrogen and oxygen atoms in total. The Morgan fingerprint density at radius 2 is 2.09 bits per heavy atom. The van der Waals surface area contributed by atoms with Gasteiger partial charge in [-0.1, -0.05) is 23.2 Å². The van der Waals surface area contributed by atoms with Crippen LogP contribution in [0.3, 0.4) is 0 Å². The molecule has 0 spiro atoms. The summed E-state index contributed by atoms with van der Waals surface area (Å²) in [7, 11) is 2.37. The summed E-state index contributed by atoms with van der Waals surface area (Å²) >= 11 is 11.2. The first kappa shape index (κ1) is 8.74. The van der Waals surface area contributed by atoms with Gasteiger partial charge in [0.25, 0.3) is 0 Å². The van der Waals surface area contributed by atoms with Crippen LogP contribution in [-0.2, 0) is 0 Å². The van der Waals surface area contributed by atoms with Crippen LogP contribution in [0.25, 0.3) is 0 Å². The van der Waals surface area contributed by atoms with Gasteiger partial charge in [0.2, 0.25) is 0 Å². The molecule has 0 N–H and O–H groups in total. The third kappa shape index (κ3) is 1.81. The minimum atomic E-state index is 0.142. The Morgan fingerprint density at radius 3 is 2.64 bits per heavy atom. The Morgan fingerprint density at radius 1 is 1.45 bits per heavy atom. The maximum atomic E-state index is 8.51. The lowest BCUT2D eigenvalue weighted by atomic mass is 10.3. The lowest BCUT2D eigenvalue weighted by Crippen LogP contribution is -1.98. The number of nitriles is 1. The number of pyridine rings is 1. The normalized spacial score (nSPS) is 9.27. The van der Waals surface area contributed by atoms with Gasteiger partial charge >= 0.3 is 0 Å². The van der Waals surface area contributed by atoms with Crippen molar-refractivity contribution in [3.63, 3.8) is 0 Å². The zero-order chi connectivity index (χ0) is 8.43. The van der Waals surface area contributed by atoms with Crippen LogP contribution in [0.1, 0.15) is 5.56 Å². The number of hydrogen-bond donors (Lipinski definition) is 0.